The predicted octanol–water partition coefficient (Wildman–Crippen LogP) is 2.95. The zero-order chi connectivity index (χ0) is 17.2. The Morgan fingerprint density at radius 2 is 1.91 bits per heavy atom. The Bertz CT molecular complexity index is 386. The second-order valence-corrected chi connectivity index (χ2v) is 13.0. The Hall–Kier alpha value is -0.593. The van der Waals surface area contributed by atoms with Crippen LogP contribution in [0.25, 0.3) is 0 Å². The van der Waals surface area contributed by atoms with Crippen LogP contribution in [0.4, 0.5) is 4.79 Å². The van der Waals surface area contributed by atoms with Crippen LogP contribution in [0.15, 0.2) is 0 Å². The molecule has 0 aromatic heterocycles. The van der Waals surface area contributed by atoms with Gasteiger partial charge in [0.2, 0.25) is 0 Å². The standard InChI is InChI=1S/C16H34N2O3Si/c1-15(2,3)21-14(19)18-11-10-17-12-13(18)8-9-16(4,5)22(6,7)20/h13,17,20H,8-12H2,1-7H3/t13-/m0/s1. The van der Waals surface area contributed by atoms with Gasteiger partial charge in [0, 0.05) is 25.7 Å². The molecule has 0 saturated carbocycles. The zero-order valence-corrected chi connectivity index (χ0v) is 16.3. The van der Waals surface area contributed by atoms with Gasteiger partial charge in [0.25, 0.3) is 0 Å². The molecule has 130 valence electrons. The summed E-state index contributed by atoms with van der Waals surface area (Å²) in [4.78, 5) is 24.7. The number of piperazine rings is 1. The quantitative estimate of drug-likeness (QED) is 0.778. The predicted molar refractivity (Wildman–Crippen MR) is 92.6 cm³/mol. The number of amides is 1. The number of hydrogen-bond acceptors (Lipinski definition) is 4. The Balaban J connectivity index is 2.68. The van der Waals surface area contributed by atoms with E-state index in [2.05, 4.69) is 19.2 Å². The summed E-state index contributed by atoms with van der Waals surface area (Å²) in [6.07, 6.45) is 1.57. The third-order valence-electron chi connectivity index (χ3n) is 4.74. The molecule has 1 aliphatic heterocycles. The number of hydrogen-bond donors (Lipinski definition) is 2. The highest BCUT2D eigenvalue weighted by Crippen LogP contribution is 2.40. The topological polar surface area (TPSA) is 61.8 Å². The molecule has 1 saturated heterocycles. The SMILES string of the molecule is CC(C)(C)OC(=O)N1CCNC[C@@H]1CCC(C)(C)[Si](C)(C)O. The lowest BCUT2D eigenvalue weighted by molar-refractivity contribution is 0.0106. The van der Waals surface area contributed by atoms with E-state index in [9.17, 15) is 9.59 Å². The Morgan fingerprint density at radius 3 is 2.41 bits per heavy atom. The fraction of sp³-hybridized carbons (Fsp3) is 0.938. The average Bonchev–Trinajstić information content (AvgIpc) is 2.33. The molecule has 1 heterocycles. The molecule has 1 atom stereocenters. The molecule has 1 fully saturated rings. The molecule has 5 nitrogen and oxygen atoms in total. The second kappa shape index (κ2) is 6.89. The van der Waals surface area contributed by atoms with E-state index in [1.807, 2.05) is 38.8 Å². The van der Waals surface area contributed by atoms with Crippen molar-refractivity contribution in [2.24, 2.45) is 0 Å². The van der Waals surface area contributed by atoms with Crippen molar-refractivity contribution >= 4 is 14.4 Å². The first-order valence-electron chi connectivity index (χ1n) is 8.26. The molecule has 0 bridgehead atoms. The average molecular weight is 331 g/mol. The summed E-state index contributed by atoms with van der Waals surface area (Å²) < 4.78 is 5.53. The minimum absolute atomic E-state index is 0.0654. The van der Waals surface area contributed by atoms with Gasteiger partial charge >= 0.3 is 6.09 Å². The summed E-state index contributed by atoms with van der Waals surface area (Å²) in [7, 11) is -2.21. The molecule has 0 unspecified atom stereocenters. The molecule has 0 spiro atoms. The van der Waals surface area contributed by atoms with Gasteiger partial charge in [-0.25, -0.2) is 4.79 Å². The smallest absolute Gasteiger partial charge is 0.410 e. The van der Waals surface area contributed by atoms with Gasteiger partial charge < -0.3 is 19.7 Å². The summed E-state index contributed by atoms with van der Waals surface area (Å²) in [5, 5.41) is 3.29. The first-order valence-corrected chi connectivity index (χ1v) is 11.2. The number of rotatable bonds is 4. The summed E-state index contributed by atoms with van der Waals surface area (Å²) in [5.41, 5.74) is -0.466. The van der Waals surface area contributed by atoms with Gasteiger partial charge in [-0.1, -0.05) is 13.8 Å². The molecule has 0 radical (unpaired) electrons. The van der Waals surface area contributed by atoms with Crippen LogP contribution in [0, 0.1) is 0 Å². The molecule has 22 heavy (non-hydrogen) atoms. The van der Waals surface area contributed by atoms with Crippen molar-refractivity contribution in [1.82, 2.24) is 10.2 Å². The van der Waals surface area contributed by atoms with Crippen molar-refractivity contribution in [2.45, 2.75) is 77.2 Å². The Labute approximate surface area is 136 Å². The summed E-state index contributed by atoms with van der Waals surface area (Å²) in [5.74, 6) is 0. The summed E-state index contributed by atoms with van der Waals surface area (Å²) in [6.45, 7) is 16.2. The third kappa shape index (κ3) is 5.55. The molecule has 1 aliphatic rings. The lowest BCUT2D eigenvalue weighted by atomic mass is 10.00. The summed E-state index contributed by atoms with van der Waals surface area (Å²) in [6, 6.07) is 0.138. The molecular formula is C16H34N2O3Si. The highest BCUT2D eigenvalue weighted by atomic mass is 28.4. The lowest BCUT2D eigenvalue weighted by Crippen LogP contribution is -2.55. The van der Waals surface area contributed by atoms with Crippen molar-refractivity contribution in [1.29, 1.82) is 0 Å². The molecular weight excluding hydrogens is 296 g/mol. The minimum Gasteiger partial charge on any atom is -0.444 e. The minimum atomic E-state index is -2.21. The first kappa shape index (κ1) is 19.5. The first-order chi connectivity index (χ1) is 9.83. The van der Waals surface area contributed by atoms with E-state index in [1.165, 1.54) is 0 Å². The van der Waals surface area contributed by atoms with Gasteiger partial charge in [-0.3, -0.25) is 0 Å². The number of carbonyl (C=O) groups is 1. The van der Waals surface area contributed by atoms with E-state index >= 15 is 0 Å². The molecule has 1 amide bonds. The van der Waals surface area contributed by atoms with Crippen LogP contribution >= 0.6 is 0 Å². The zero-order valence-electron chi connectivity index (χ0n) is 15.3. The number of nitrogens with zero attached hydrogens (tertiary/aromatic N) is 1. The Kier molecular flexibility index (Phi) is 6.09. The van der Waals surface area contributed by atoms with Crippen molar-refractivity contribution in [3.8, 4) is 0 Å². The van der Waals surface area contributed by atoms with Crippen LogP contribution < -0.4 is 5.32 Å². The van der Waals surface area contributed by atoms with E-state index in [0.717, 1.165) is 25.9 Å². The maximum Gasteiger partial charge on any atom is 0.410 e. The van der Waals surface area contributed by atoms with Crippen molar-refractivity contribution in [3.63, 3.8) is 0 Å². The van der Waals surface area contributed by atoms with Crippen molar-refractivity contribution < 1.29 is 14.3 Å². The van der Waals surface area contributed by atoms with E-state index < -0.39 is 13.9 Å². The molecule has 2 N–H and O–H groups in total. The molecule has 1 rings (SSSR count). The third-order valence-corrected chi connectivity index (χ3v) is 8.30. The van der Waals surface area contributed by atoms with Gasteiger partial charge in [-0.2, -0.15) is 0 Å². The maximum absolute atomic E-state index is 12.4. The molecule has 6 heteroatoms. The van der Waals surface area contributed by atoms with Crippen LogP contribution in [0.1, 0.15) is 47.5 Å². The van der Waals surface area contributed by atoms with Crippen LogP contribution in [-0.2, 0) is 4.74 Å². The largest absolute Gasteiger partial charge is 0.444 e. The van der Waals surface area contributed by atoms with Crippen molar-refractivity contribution in [2.75, 3.05) is 19.6 Å². The van der Waals surface area contributed by atoms with Gasteiger partial charge in [0.1, 0.15) is 5.60 Å². The van der Waals surface area contributed by atoms with Gasteiger partial charge in [-0.05, 0) is 51.7 Å². The van der Waals surface area contributed by atoms with Gasteiger partial charge in [0.15, 0.2) is 8.32 Å². The number of ether oxygens (including phenoxy) is 1. The second-order valence-electron chi connectivity index (χ2n) is 8.51. The van der Waals surface area contributed by atoms with Crippen LogP contribution in [0.5, 0.6) is 0 Å². The number of carbonyl (C=O) groups excluding carboxylic acids is 1. The highest BCUT2D eigenvalue weighted by molar-refractivity contribution is 6.72. The molecule has 0 aromatic rings. The number of nitrogens with one attached hydrogen (secondary N) is 1. The van der Waals surface area contributed by atoms with Crippen LogP contribution in [0.2, 0.25) is 18.1 Å². The molecule has 0 aliphatic carbocycles. The van der Waals surface area contributed by atoms with Crippen LogP contribution in [-0.4, -0.2) is 55.4 Å². The fourth-order valence-electron chi connectivity index (χ4n) is 2.41. The fourth-order valence-corrected chi connectivity index (χ4v) is 3.17. The van der Waals surface area contributed by atoms with E-state index in [0.29, 0.717) is 6.54 Å². The van der Waals surface area contributed by atoms with E-state index in [1.54, 1.807) is 0 Å². The van der Waals surface area contributed by atoms with E-state index in [4.69, 9.17) is 4.74 Å². The van der Waals surface area contributed by atoms with Crippen molar-refractivity contribution in [3.05, 3.63) is 0 Å². The monoisotopic (exact) mass is 330 g/mol. The van der Waals surface area contributed by atoms with E-state index in [-0.39, 0.29) is 17.2 Å². The van der Waals surface area contributed by atoms with Gasteiger partial charge in [-0.15, -0.1) is 0 Å². The summed E-state index contributed by atoms with van der Waals surface area (Å²) >= 11 is 0. The van der Waals surface area contributed by atoms with Gasteiger partial charge in [0.05, 0.1) is 0 Å². The lowest BCUT2D eigenvalue weighted by Gasteiger charge is -2.40. The maximum atomic E-state index is 12.4. The highest BCUT2D eigenvalue weighted by Gasteiger charge is 2.39. The Morgan fingerprint density at radius 1 is 1.32 bits per heavy atom. The normalized spacial score (nSPS) is 20.9. The molecule has 0 aromatic carbocycles. The van der Waals surface area contributed by atoms with Crippen LogP contribution in [0.3, 0.4) is 0 Å².